The molecule has 0 aliphatic rings. The van der Waals surface area contributed by atoms with E-state index in [0.717, 1.165) is 10.6 Å². The number of hydroxylamine groups is 2. The number of hydrogen-bond donors (Lipinski definition) is 0. The van der Waals surface area contributed by atoms with Gasteiger partial charge in [-0.05, 0) is 17.7 Å². The number of nitrogens with zero attached hydrogens (tertiary/aromatic N) is 1. The smallest absolute Gasteiger partial charge is 0.272 e. The molecule has 0 aliphatic heterocycles. The molecule has 0 aliphatic carbocycles. The van der Waals surface area contributed by atoms with Crippen LogP contribution in [0.25, 0.3) is 0 Å². The van der Waals surface area contributed by atoms with Crippen LogP contribution in [0, 0.1) is 0 Å². The number of rotatable bonds is 4. The number of amides is 2. The van der Waals surface area contributed by atoms with E-state index < -0.39 is 11.8 Å². The Kier molecular flexibility index (Phi) is 4.63. The fourth-order valence-corrected chi connectivity index (χ4v) is 1.70. The molecule has 2 aromatic carbocycles. The number of hydrogen-bond acceptors (Lipinski definition) is 3. The van der Waals surface area contributed by atoms with Gasteiger partial charge in [-0.15, -0.1) is 5.06 Å². The van der Waals surface area contributed by atoms with E-state index in [0.29, 0.717) is 5.56 Å². The van der Waals surface area contributed by atoms with Gasteiger partial charge in [0, 0.05) is 12.5 Å². The van der Waals surface area contributed by atoms with Gasteiger partial charge in [-0.1, -0.05) is 48.5 Å². The first-order valence-electron chi connectivity index (χ1n) is 6.25. The summed E-state index contributed by atoms with van der Waals surface area (Å²) in [7, 11) is 0. The minimum Gasteiger partial charge on any atom is -0.272 e. The summed E-state index contributed by atoms with van der Waals surface area (Å²) in [6, 6.07) is 17.9. The lowest BCUT2D eigenvalue weighted by Gasteiger charge is -2.18. The first kappa shape index (κ1) is 14.0. The van der Waals surface area contributed by atoms with Crippen molar-refractivity contribution in [1.82, 2.24) is 5.06 Å². The summed E-state index contributed by atoms with van der Waals surface area (Å²) in [5.41, 5.74) is 1.30. The molecule has 0 radical (unpaired) electrons. The van der Waals surface area contributed by atoms with Crippen molar-refractivity contribution < 1.29 is 14.4 Å². The molecule has 0 spiro atoms. The molecule has 0 N–H and O–H groups in total. The molecule has 0 saturated heterocycles. The zero-order valence-corrected chi connectivity index (χ0v) is 11.2. The molecule has 4 nitrogen and oxygen atoms in total. The van der Waals surface area contributed by atoms with Gasteiger partial charge in [0.05, 0.1) is 0 Å². The molecule has 0 fully saturated rings. The van der Waals surface area contributed by atoms with Crippen LogP contribution in [0.5, 0.6) is 0 Å². The van der Waals surface area contributed by atoms with Crippen molar-refractivity contribution in [1.29, 1.82) is 0 Å². The van der Waals surface area contributed by atoms with Crippen molar-refractivity contribution >= 4 is 11.8 Å². The van der Waals surface area contributed by atoms with Gasteiger partial charge >= 0.3 is 0 Å². The van der Waals surface area contributed by atoms with Gasteiger partial charge < -0.3 is 0 Å². The van der Waals surface area contributed by atoms with E-state index in [1.807, 2.05) is 30.3 Å². The second-order valence-electron chi connectivity index (χ2n) is 4.24. The zero-order chi connectivity index (χ0) is 14.4. The molecule has 0 aromatic heterocycles. The highest BCUT2D eigenvalue weighted by Crippen LogP contribution is 2.09. The van der Waals surface area contributed by atoms with E-state index in [1.54, 1.807) is 30.3 Å². The Morgan fingerprint density at radius 3 is 2.05 bits per heavy atom. The lowest BCUT2D eigenvalue weighted by atomic mass is 10.2. The van der Waals surface area contributed by atoms with Crippen LogP contribution >= 0.6 is 0 Å². The summed E-state index contributed by atoms with van der Waals surface area (Å²) >= 11 is 0. The maximum absolute atomic E-state index is 12.2. The van der Waals surface area contributed by atoms with Crippen molar-refractivity contribution in [2.24, 2.45) is 0 Å². The fourth-order valence-electron chi connectivity index (χ4n) is 1.70. The van der Waals surface area contributed by atoms with Crippen LogP contribution in [0.15, 0.2) is 60.7 Å². The summed E-state index contributed by atoms with van der Waals surface area (Å²) in [5.74, 6) is -0.913. The molecular weight excluding hydrogens is 254 g/mol. The maximum Gasteiger partial charge on any atom is 0.284 e. The Morgan fingerprint density at radius 2 is 1.50 bits per heavy atom. The van der Waals surface area contributed by atoms with Gasteiger partial charge in [0.15, 0.2) is 0 Å². The van der Waals surface area contributed by atoms with Gasteiger partial charge in [-0.25, -0.2) is 0 Å². The van der Waals surface area contributed by atoms with Crippen LogP contribution < -0.4 is 0 Å². The summed E-state index contributed by atoms with van der Waals surface area (Å²) < 4.78 is 0. The summed E-state index contributed by atoms with van der Waals surface area (Å²) in [4.78, 5) is 29.1. The fraction of sp³-hybridized carbons (Fsp3) is 0.125. The van der Waals surface area contributed by atoms with E-state index >= 15 is 0 Å². The topological polar surface area (TPSA) is 46.6 Å². The van der Waals surface area contributed by atoms with Crippen molar-refractivity contribution in [3.05, 3.63) is 71.8 Å². The van der Waals surface area contributed by atoms with Gasteiger partial charge in [0.25, 0.3) is 11.8 Å². The minimum absolute atomic E-state index is 0.166. The first-order chi connectivity index (χ1) is 9.68. The molecule has 0 atom stereocenters. The van der Waals surface area contributed by atoms with Crippen molar-refractivity contribution in [2.75, 3.05) is 0 Å². The summed E-state index contributed by atoms with van der Waals surface area (Å²) in [6.07, 6.45) is 0. The Bertz CT molecular complexity index is 581. The van der Waals surface area contributed by atoms with Crippen LogP contribution in [0.2, 0.25) is 0 Å². The Hall–Kier alpha value is -2.46. The molecular formula is C16H15NO3. The van der Waals surface area contributed by atoms with Gasteiger partial charge in [0.1, 0.15) is 6.61 Å². The molecule has 2 rings (SSSR count). The third-order valence-electron chi connectivity index (χ3n) is 2.69. The van der Waals surface area contributed by atoms with E-state index in [4.69, 9.17) is 4.84 Å². The van der Waals surface area contributed by atoms with Gasteiger partial charge in [0.2, 0.25) is 0 Å². The molecule has 4 heteroatoms. The van der Waals surface area contributed by atoms with Crippen molar-refractivity contribution in [3.8, 4) is 0 Å². The van der Waals surface area contributed by atoms with Crippen molar-refractivity contribution in [3.63, 3.8) is 0 Å². The molecule has 0 unspecified atom stereocenters. The highest BCUT2D eigenvalue weighted by molar-refractivity contribution is 6.02. The van der Waals surface area contributed by atoms with E-state index in [9.17, 15) is 9.59 Å². The van der Waals surface area contributed by atoms with Gasteiger partial charge in [-0.2, -0.15) is 0 Å². The standard InChI is InChI=1S/C16H15NO3/c1-13(18)17(16(19)15-10-6-3-7-11-15)20-12-14-8-4-2-5-9-14/h2-11H,12H2,1H3. The minimum atomic E-state index is -0.464. The molecule has 102 valence electrons. The maximum atomic E-state index is 12.2. The first-order valence-corrected chi connectivity index (χ1v) is 6.25. The summed E-state index contributed by atoms with van der Waals surface area (Å²) in [5, 5.41) is 0.794. The SMILES string of the molecule is CC(=O)N(OCc1ccccc1)C(=O)c1ccccc1. The number of benzene rings is 2. The Morgan fingerprint density at radius 1 is 0.950 bits per heavy atom. The number of carbonyl (C=O) groups excluding carboxylic acids is 2. The number of imide groups is 1. The number of carbonyl (C=O) groups is 2. The highest BCUT2D eigenvalue weighted by atomic mass is 16.7. The third-order valence-corrected chi connectivity index (χ3v) is 2.69. The van der Waals surface area contributed by atoms with E-state index in [-0.39, 0.29) is 6.61 Å². The average Bonchev–Trinajstić information content (AvgIpc) is 2.49. The predicted molar refractivity (Wildman–Crippen MR) is 74.5 cm³/mol. The average molecular weight is 269 g/mol. The predicted octanol–water partition coefficient (Wildman–Crippen LogP) is 2.81. The monoisotopic (exact) mass is 269 g/mol. The lowest BCUT2D eigenvalue weighted by Crippen LogP contribution is -2.35. The van der Waals surface area contributed by atoms with Crippen LogP contribution in [0.1, 0.15) is 22.8 Å². The second kappa shape index (κ2) is 6.63. The molecule has 2 aromatic rings. The van der Waals surface area contributed by atoms with Crippen LogP contribution in [-0.4, -0.2) is 16.9 Å². The third kappa shape index (κ3) is 3.52. The summed E-state index contributed by atoms with van der Waals surface area (Å²) in [6.45, 7) is 1.46. The highest BCUT2D eigenvalue weighted by Gasteiger charge is 2.20. The van der Waals surface area contributed by atoms with Crippen LogP contribution in [-0.2, 0) is 16.2 Å². The molecule has 0 saturated carbocycles. The molecule has 2 amide bonds. The zero-order valence-electron chi connectivity index (χ0n) is 11.2. The van der Waals surface area contributed by atoms with Crippen LogP contribution in [0.4, 0.5) is 0 Å². The quantitative estimate of drug-likeness (QED) is 0.802. The van der Waals surface area contributed by atoms with Crippen molar-refractivity contribution in [2.45, 2.75) is 13.5 Å². The van der Waals surface area contributed by atoms with Gasteiger partial charge in [-0.3, -0.25) is 14.4 Å². The Balaban J connectivity index is 2.08. The largest absolute Gasteiger partial charge is 0.284 e. The van der Waals surface area contributed by atoms with E-state index in [2.05, 4.69) is 0 Å². The van der Waals surface area contributed by atoms with E-state index in [1.165, 1.54) is 6.92 Å². The molecule has 0 heterocycles. The second-order valence-corrected chi connectivity index (χ2v) is 4.24. The Labute approximate surface area is 117 Å². The molecule has 0 bridgehead atoms. The normalized spacial score (nSPS) is 10.1. The molecule has 20 heavy (non-hydrogen) atoms. The lowest BCUT2D eigenvalue weighted by molar-refractivity contribution is -0.171. The van der Waals surface area contributed by atoms with Crippen LogP contribution in [0.3, 0.4) is 0 Å².